The Morgan fingerprint density at radius 3 is 3.05 bits per heavy atom. The summed E-state index contributed by atoms with van der Waals surface area (Å²) in [6, 6.07) is 0. The van der Waals surface area contributed by atoms with Crippen LogP contribution in [0.2, 0.25) is 0 Å². The van der Waals surface area contributed by atoms with Gasteiger partial charge in [0.1, 0.15) is 24.2 Å². The lowest BCUT2D eigenvalue weighted by molar-refractivity contribution is -0.0512. The van der Waals surface area contributed by atoms with Gasteiger partial charge >= 0.3 is 0 Å². The molecule has 1 saturated heterocycles. The Hall–Kier alpha value is -1.77. The van der Waals surface area contributed by atoms with Crippen LogP contribution in [-0.2, 0) is 9.47 Å². The van der Waals surface area contributed by atoms with Crippen LogP contribution in [0.1, 0.15) is 12.6 Å². The molecule has 0 bridgehead atoms. The third-order valence-corrected chi connectivity index (χ3v) is 3.36. The van der Waals surface area contributed by atoms with Crippen molar-refractivity contribution in [1.82, 2.24) is 19.5 Å². The summed E-state index contributed by atoms with van der Waals surface area (Å²) in [5, 5.41) is 9.26. The van der Waals surface area contributed by atoms with E-state index in [9.17, 15) is 5.11 Å². The lowest BCUT2D eigenvalue weighted by Crippen LogP contribution is -2.26. The van der Waals surface area contributed by atoms with E-state index in [0.717, 1.165) is 0 Å². The second-order valence-corrected chi connectivity index (χ2v) is 4.40. The molecule has 19 heavy (non-hydrogen) atoms. The Labute approximate surface area is 109 Å². The molecule has 3 N–H and O–H groups in total. The van der Waals surface area contributed by atoms with Gasteiger partial charge in [-0.1, -0.05) is 0 Å². The first-order valence-corrected chi connectivity index (χ1v) is 5.96. The van der Waals surface area contributed by atoms with Gasteiger partial charge in [-0.15, -0.1) is 0 Å². The molecule has 2 unspecified atom stereocenters. The van der Waals surface area contributed by atoms with Crippen LogP contribution in [0.4, 0.5) is 5.82 Å². The minimum absolute atomic E-state index is 0.0846. The maximum Gasteiger partial charge on any atom is 0.167 e. The molecule has 3 rings (SSSR count). The number of nitrogens with two attached hydrogens (primary N) is 1. The van der Waals surface area contributed by atoms with Crippen LogP contribution >= 0.6 is 0 Å². The highest BCUT2D eigenvalue weighted by atomic mass is 16.6. The van der Waals surface area contributed by atoms with Crippen LogP contribution in [0, 0.1) is 0 Å². The quantitative estimate of drug-likeness (QED) is 0.784. The van der Waals surface area contributed by atoms with E-state index < -0.39 is 0 Å². The predicted molar refractivity (Wildman–Crippen MR) is 66.1 cm³/mol. The minimum Gasteiger partial charge on any atom is -0.394 e. The molecular formula is C11H15N5O3. The van der Waals surface area contributed by atoms with E-state index in [1.54, 1.807) is 18.0 Å². The van der Waals surface area contributed by atoms with Gasteiger partial charge in [-0.05, 0) is 0 Å². The zero-order valence-corrected chi connectivity index (χ0v) is 10.4. The fraction of sp³-hybridized carbons (Fsp3) is 0.545. The van der Waals surface area contributed by atoms with Crippen LogP contribution in [0.5, 0.6) is 0 Å². The molecule has 2 aromatic rings. The second kappa shape index (κ2) is 4.72. The van der Waals surface area contributed by atoms with E-state index >= 15 is 0 Å². The molecule has 0 saturated carbocycles. The zero-order valence-electron chi connectivity index (χ0n) is 10.4. The van der Waals surface area contributed by atoms with Gasteiger partial charge in [0.15, 0.2) is 11.5 Å². The van der Waals surface area contributed by atoms with Gasteiger partial charge in [-0.3, -0.25) is 4.57 Å². The fourth-order valence-electron chi connectivity index (χ4n) is 2.36. The summed E-state index contributed by atoms with van der Waals surface area (Å²) in [5.74, 6) is 0.337. The number of ether oxygens (including phenoxy) is 2. The number of rotatable bonds is 3. The Kier molecular flexibility index (Phi) is 3.05. The number of nitrogen functional groups attached to an aromatic ring is 1. The lowest BCUT2D eigenvalue weighted by atomic mass is 10.2. The Bertz CT molecular complexity index is 575. The number of hydrogen-bond donors (Lipinski definition) is 2. The Morgan fingerprint density at radius 2 is 2.37 bits per heavy atom. The third-order valence-electron chi connectivity index (χ3n) is 3.36. The average Bonchev–Trinajstić information content (AvgIpc) is 3.02. The van der Waals surface area contributed by atoms with Crippen LogP contribution in [0.15, 0.2) is 12.7 Å². The lowest BCUT2D eigenvalue weighted by Gasteiger charge is -2.14. The van der Waals surface area contributed by atoms with Crippen LogP contribution in [0.25, 0.3) is 11.2 Å². The highest BCUT2D eigenvalue weighted by Gasteiger charge is 2.36. The van der Waals surface area contributed by atoms with E-state index in [1.807, 2.05) is 0 Å². The van der Waals surface area contributed by atoms with Crippen molar-refractivity contribution < 1.29 is 14.6 Å². The average molecular weight is 265 g/mol. The molecule has 8 nitrogen and oxygen atoms in total. The van der Waals surface area contributed by atoms with Gasteiger partial charge in [-0.25, -0.2) is 15.0 Å². The summed E-state index contributed by atoms with van der Waals surface area (Å²) < 4.78 is 12.8. The molecule has 2 aromatic heterocycles. The SMILES string of the molecule is COC1C[C@H](n2cnc3c(N)ncnc32)OC1CO. The Morgan fingerprint density at radius 1 is 1.53 bits per heavy atom. The first kappa shape index (κ1) is 12.3. The van der Waals surface area contributed by atoms with Crippen molar-refractivity contribution in [3.05, 3.63) is 12.7 Å². The normalized spacial score (nSPS) is 27.2. The van der Waals surface area contributed by atoms with Crippen molar-refractivity contribution in [3.63, 3.8) is 0 Å². The number of aromatic nitrogens is 4. The van der Waals surface area contributed by atoms with Gasteiger partial charge in [0.05, 0.1) is 19.0 Å². The topological polar surface area (TPSA) is 108 Å². The van der Waals surface area contributed by atoms with Crippen molar-refractivity contribution in [2.75, 3.05) is 19.5 Å². The van der Waals surface area contributed by atoms with E-state index in [-0.39, 0.29) is 25.0 Å². The Balaban J connectivity index is 1.95. The molecule has 1 fully saturated rings. The molecule has 1 aliphatic rings. The molecule has 0 amide bonds. The molecule has 3 heterocycles. The summed E-state index contributed by atoms with van der Waals surface area (Å²) in [6.45, 7) is -0.0846. The van der Waals surface area contributed by atoms with E-state index in [2.05, 4.69) is 15.0 Å². The first-order valence-electron chi connectivity index (χ1n) is 5.96. The zero-order chi connectivity index (χ0) is 13.4. The highest BCUT2D eigenvalue weighted by molar-refractivity contribution is 5.81. The van der Waals surface area contributed by atoms with Crippen molar-refractivity contribution in [2.45, 2.75) is 24.9 Å². The maximum absolute atomic E-state index is 9.26. The predicted octanol–water partition coefficient (Wildman–Crippen LogP) is -0.297. The number of aliphatic hydroxyl groups is 1. The van der Waals surface area contributed by atoms with Gasteiger partial charge in [-0.2, -0.15) is 0 Å². The molecule has 102 valence electrons. The number of aliphatic hydroxyl groups excluding tert-OH is 1. The molecule has 8 heteroatoms. The van der Waals surface area contributed by atoms with Gasteiger partial charge in [0.25, 0.3) is 0 Å². The van der Waals surface area contributed by atoms with Crippen molar-refractivity contribution in [2.24, 2.45) is 0 Å². The molecular weight excluding hydrogens is 250 g/mol. The van der Waals surface area contributed by atoms with E-state index in [1.165, 1.54) is 6.33 Å². The van der Waals surface area contributed by atoms with Crippen LogP contribution in [-0.4, -0.2) is 50.6 Å². The summed E-state index contributed by atoms with van der Waals surface area (Å²) in [7, 11) is 1.60. The fourth-order valence-corrected chi connectivity index (χ4v) is 2.36. The van der Waals surface area contributed by atoms with Gasteiger partial charge < -0.3 is 20.3 Å². The second-order valence-electron chi connectivity index (χ2n) is 4.40. The summed E-state index contributed by atoms with van der Waals surface area (Å²) in [4.78, 5) is 12.3. The summed E-state index contributed by atoms with van der Waals surface area (Å²) in [6.07, 6.45) is 2.87. The van der Waals surface area contributed by atoms with Crippen LogP contribution < -0.4 is 5.73 Å². The third kappa shape index (κ3) is 1.93. The number of fused-ring (bicyclic) bond motifs is 1. The monoisotopic (exact) mass is 265 g/mol. The van der Waals surface area contributed by atoms with Gasteiger partial charge in [0, 0.05) is 13.5 Å². The van der Waals surface area contributed by atoms with Gasteiger partial charge in [0.2, 0.25) is 0 Å². The van der Waals surface area contributed by atoms with Crippen molar-refractivity contribution >= 4 is 17.0 Å². The summed E-state index contributed by atoms with van der Waals surface area (Å²) >= 11 is 0. The smallest absolute Gasteiger partial charge is 0.167 e. The van der Waals surface area contributed by atoms with Crippen molar-refractivity contribution in [3.8, 4) is 0 Å². The van der Waals surface area contributed by atoms with E-state index in [0.29, 0.717) is 23.4 Å². The largest absolute Gasteiger partial charge is 0.394 e. The summed E-state index contributed by atoms with van der Waals surface area (Å²) in [5.41, 5.74) is 6.91. The standard InChI is InChI=1S/C11H15N5O3/c1-18-6-2-8(19-7(6)3-17)16-5-15-9-10(12)13-4-14-11(9)16/h4-8,17H,2-3H2,1H3,(H2,12,13,14)/t6?,7?,8-/m1/s1. The minimum atomic E-state index is -0.341. The van der Waals surface area contributed by atoms with E-state index in [4.69, 9.17) is 15.2 Å². The molecule has 0 radical (unpaired) electrons. The number of methoxy groups -OCH3 is 1. The molecule has 0 aliphatic carbocycles. The molecule has 0 aromatic carbocycles. The molecule has 1 aliphatic heterocycles. The number of hydrogen-bond acceptors (Lipinski definition) is 7. The number of anilines is 1. The molecule has 0 spiro atoms. The number of nitrogens with zero attached hydrogens (tertiary/aromatic N) is 4. The maximum atomic E-state index is 9.26. The first-order chi connectivity index (χ1) is 9.24. The van der Waals surface area contributed by atoms with Crippen molar-refractivity contribution in [1.29, 1.82) is 0 Å². The van der Waals surface area contributed by atoms with Crippen LogP contribution in [0.3, 0.4) is 0 Å². The highest BCUT2D eigenvalue weighted by Crippen LogP contribution is 2.32. The molecule has 3 atom stereocenters. The number of imidazole rings is 1.